The molecule has 5 aromatic rings. The number of hydrogen-bond acceptors (Lipinski definition) is 7. The fourth-order valence-corrected chi connectivity index (χ4v) is 3.47. The zero-order valence-electron chi connectivity index (χ0n) is 16.7. The molecule has 5 rings (SSSR count). The van der Waals surface area contributed by atoms with Gasteiger partial charge in [-0.05, 0) is 42.8 Å². The maximum absolute atomic E-state index is 12.8. The maximum atomic E-state index is 12.8. The molecule has 9 heteroatoms. The van der Waals surface area contributed by atoms with Gasteiger partial charge in [-0.1, -0.05) is 35.4 Å². The van der Waals surface area contributed by atoms with Crippen molar-refractivity contribution in [2.75, 3.05) is 5.32 Å². The minimum atomic E-state index is -0.752. The number of hydrogen-bond donors (Lipinski definition) is 1. The number of amides is 1. The zero-order valence-corrected chi connectivity index (χ0v) is 16.7. The Kier molecular flexibility index (Phi) is 4.36. The number of anilines is 1. The zero-order chi connectivity index (χ0) is 21.5. The molecule has 0 bridgehead atoms. The van der Waals surface area contributed by atoms with Gasteiger partial charge in [-0.15, -0.1) is 5.10 Å². The summed E-state index contributed by atoms with van der Waals surface area (Å²) in [5, 5.41) is 17.0. The minimum Gasteiger partial charge on any atom is -0.422 e. The van der Waals surface area contributed by atoms with Crippen LogP contribution in [0.5, 0.6) is 0 Å². The second kappa shape index (κ2) is 7.21. The predicted octanol–water partition coefficient (Wildman–Crippen LogP) is 4.03. The molecule has 31 heavy (non-hydrogen) atoms. The van der Waals surface area contributed by atoms with Gasteiger partial charge in [0.05, 0.1) is 0 Å². The number of nitrogens with one attached hydrogen (secondary N) is 1. The van der Waals surface area contributed by atoms with Gasteiger partial charge in [0, 0.05) is 17.6 Å². The summed E-state index contributed by atoms with van der Waals surface area (Å²) in [6, 6.07) is 14.4. The van der Waals surface area contributed by atoms with Gasteiger partial charge in [-0.2, -0.15) is 5.10 Å². The average Bonchev–Trinajstić information content (AvgIpc) is 3.42. The van der Waals surface area contributed by atoms with Gasteiger partial charge in [0.15, 0.2) is 0 Å². The first kappa shape index (κ1) is 18.7. The lowest BCUT2D eigenvalue weighted by Gasteiger charge is -2.07. The molecule has 0 aliphatic rings. The van der Waals surface area contributed by atoms with Crippen LogP contribution >= 0.6 is 0 Å². The average molecular weight is 415 g/mol. The van der Waals surface area contributed by atoms with Crippen LogP contribution in [0.2, 0.25) is 0 Å². The van der Waals surface area contributed by atoms with E-state index in [4.69, 9.17) is 8.83 Å². The van der Waals surface area contributed by atoms with Crippen molar-refractivity contribution in [1.29, 1.82) is 0 Å². The summed E-state index contributed by atoms with van der Waals surface area (Å²) in [4.78, 5) is 25.2. The molecule has 3 heterocycles. The Bertz CT molecular complexity index is 1490. The third kappa shape index (κ3) is 3.25. The Hall–Kier alpha value is -4.27. The lowest BCUT2D eigenvalue weighted by molar-refractivity contribution is 0.102. The van der Waals surface area contributed by atoms with E-state index >= 15 is 0 Å². The summed E-state index contributed by atoms with van der Waals surface area (Å²) in [5.74, 6) is -0.491. The second-order valence-electron chi connectivity index (χ2n) is 7.27. The molecule has 3 aromatic heterocycles. The van der Waals surface area contributed by atoms with Crippen LogP contribution in [0.4, 0.5) is 6.01 Å². The fraction of sp³-hybridized carbons (Fsp3) is 0.136. The molecule has 1 N–H and O–H groups in total. The number of rotatable bonds is 4. The second-order valence-corrected chi connectivity index (χ2v) is 7.27. The third-order valence-electron chi connectivity index (χ3n) is 4.91. The van der Waals surface area contributed by atoms with Crippen molar-refractivity contribution >= 4 is 33.7 Å². The third-order valence-corrected chi connectivity index (χ3v) is 4.91. The first-order chi connectivity index (χ1) is 15.0. The molecule has 2 aromatic carbocycles. The van der Waals surface area contributed by atoms with Gasteiger partial charge >= 0.3 is 11.6 Å². The van der Waals surface area contributed by atoms with Crippen molar-refractivity contribution in [2.24, 2.45) is 0 Å². The molecular weight excluding hydrogens is 398 g/mol. The molecule has 9 nitrogen and oxygen atoms in total. The van der Waals surface area contributed by atoms with E-state index in [0.29, 0.717) is 16.7 Å². The van der Waals surface area contributed by atoms with E-state index < -0.39 is 11.5 Å². The lowest BCUT2D eigenvalue weighted by atomic mass is 10.0. The summed E-state index contributed by atoms with van der Waals surface area (Å²) >= 11 is 0. The molecule has 0 saturated carbocycles. The largest absolute Gasteiger partial charge is 0.422 e. The minimum absolute atomic E-state index is 0.0898. The van der Waals surface area contributed by atoms with Crippen LogP contribution in [-0.4, -0.2) is 25.9 Å². The molecule has 0 spiro atoms. The number of aromatic nitrogens is 4. The highest BCUT2D eigenvalue weighted by molar-refractivity contribution is 6.10. The van der Waals surface area contributed by atoms with Gasteiger partial charge in [-0.3, -0.25) is 14.8 Å². The number of carbonyl (C=O) groups excluding carboxylic acids is 1. The van der Waals surface area contributed by atoms with E-state index in [1.807, 2.05) is 44.2 Å². The molecule has 1 amide bonds. The smallest absolute Gasteiger partial charge is 0.349 e. The van der Waals surface area contributed by atoms with E-state index in [1.165, 1.54) is 6.07 Å². The van der Waals surface area contributed by atoms with E-state index in [9.17, 15) is 9.59 Å². The van der Waals surface area contributed by atoms with Crippen LogP contribution in [0.25, 0.3) is 33.3 Å². The van der Waals surface area contributed by atoms with E-state index in [2.05, 4.69) is 20.6 Å². The van der Waals surface area contributed by atoms with Crippen LogP contribution in [-0.2, 0) is 0 Å². The Labute approximate surface area is 175 Å². The van der Waals surface area contributed by atoms with Crippen LogP contribution in [0.3, 0.4) is 0 Å². The summed E-state index contributed by atoms with van der Waals surface area (Å²) < 4.78 is 12.7. The monoisotopic (exact) mass is 415 g/mol. The van der Waals surface area contributed by atoms with E-state index in [1.54, 1.807) is 23.0 Å². The highest BCUT2D eigenvalue weighted by Crippen LogP contribution is 2.26. The SMILES string of the molecule is CC(C)n1nccc1-c1nnc(NC(=O)c2cc3c(ccc4ccccc43)oc2=O)o1. The Morgan fingerprint density at radius 1 is 1.03 bits per heavy atom. The Balaban J connectivity index is 1.49. The van der Waals surface area contributed by atoms with Crippen LogP contribution < -0.4 is 10.9 Å². The summed E-state index contributed by atoms with van der Waals surface area (Å²) in [6.45, 7) is 3.94. The molecule has 0 saturated heterocycles. The van der Waals surface area contributed by atoms with Gasteiger partial charge in [0.25, 0.3) is 11.8 Å². The molecule has 0 aliphatic carbocycles. The molecule has 0 radical (unpaired) electrons. The first-order valence-corrected chi connectivity index (χ1v) is 9.65. The van der Waals surface area contributed by atoms with Crippen molar-refractivity contribution in [1.82, 2.24) is 20.0 Å². The van der Waals surface area contributed by atoms with Crippen molar-refractivity contribution in [3.63, 3.8) is 0 Å². The number of carbonyl (C=O) groups is 1. The predicted molar refractivity (Wildman–Crippen MR) is 114 cm³/mol. The number of benzene rings is 2. The highest BCUT2D eigenvalue weighted by atomic mass is 16.4. The van der Waals surface area contributed by atoms with Crippen LogP contribution in [0.1, 0.15) is 30.2 Å². The maximum Gasteiger partial charge on any atom is 0.349 e. The van der Waals surface area contributed by atoms with Crippen LogP contribution in [0, 0.1) is 0 Å². The topological polar surface area (TPSA) is 116 Å². The quantitative estimate of drug-likeness (QED) is 0.348. The number of nitrogens with zero attached hydrogens (tertiary/aromatic N) is 4. The number of fused-ring (bicyclic) bond motifs is 3. The molecule has 154 valence electrons. The summed E-state index contributed by atoms with van der Waals surface area (Å²) in [5.41, 5.74) is 0.121. The molecule has 0 aliphatic heterocycles. The van der Waals surface area contributed by atoms with E-state index in [0.717, 1.165) is 10.8 Å². The van der Waals surface area contributed by atoms with Gasteiger partial charge in [0.2, 0.25) is 0 Å². The van der Waals surface area contributed by atoms with Gasteiger partial charge < -0.3 is 8.83 Å². The normalized spacial score (nSPS) is 11.5. The van der Waals surface area contributed by atoms with Crippen molar-refractivity contribution in [3.8, 4) is 11.6 Å². The van der Waals surface area contributed by atoms with Crippen LogP contribution in [0.15, 0.2) is 68.4 Å². The molecule has 0 atom stereocenters. The highest BCUT2D eigenvalue weighted by Gasteiger charge is 2.20. The van der Waals surface area contributed by atoms with Gasteiger partial charge in [0.1, 0.15) is 16.8 Å². The summed E-state index contributed by atoms with van der Waals surface area (Å²) in [7, 11) is 0. The first-order valence-electron chi connectivity index (χ1n) is 9.65. The lowest BCUT2D eigenvalue weighted by Crippen LogP contribution is -2.20. The van der Waals surface area contributed by atoms with Crippen molar-refractivity contribution in [2.45, 2.75) is 19.9 Å². The van der Waals surface area contributed by atoms with E-state index in [-0.39, 0.29) is 23.5 Å². The standard InChI is InChI=1S/C22H17N5O4/c1-12(2)27-17(9-10-23-27)20-25-26-22(31-20)24-19(28)16-11-15-14-6-4-3-5-13(14)7-8-18(15)30-21(16)29/h3-12H,1-2H3,(H,24,26,28). The molecule has 0 unspecified atom stereocenters. The molecular formula is C22H17N5O4. The summed E-state index contributed by atoms with van der Waals surface area (Å²) in [6.07, 6.45) is 1.63. The fourth-order valence-electron chi connectivity index (χ4n) is 3.47. The van der Waals surface area contributed by atoms with Crippen molar-refractivity contribution < 1.29 is 13.6 Å². The van der Waals surface area contributed by atoms with Gasteiger partial charge in [-0.25, -0.2) is 4.79 Å². The Morgan fingerprint density at radius 2 is 1.87 bits per heavy atom. The van der Waals surface area contributed by atoms with Crippen molar-refractivity contribution in [3.05, 3.63) is 70.7 Å². The Morgan fingerprint density at radius 3 is 2.71 bits per heavy atom. The molecule has 0 fully saturated rings.